The first kappa shape index (κ1) is 15.0. The fourth-order valence-corrected chi connectivity index (χ4v) is 2.86. The van der Waals surface area contributed by atoms with Crippen molar-refractivity contribution in [2.75, 3.05) is 5.32 Å². The van der Waals surface area contributed by atoms with E-state index in [2.05, 4.69) is 10.3 Å². The average molecular weight is 330 g/mol. The number of rotatable bonds is 3. The number of pyridine rings is 1. The van der Waals surface area contributed by atoms with Crippen LogP contribution in [-0.2, 0) is 0 Å². The Bertz CT molecular complexity index is 1110. The van der Waals surface area contributed by atoms with Crippen molar-refractivity contribution in [1.29, 1.82) is 0 Å². The summed E-state index contributed by atoms with van der Waals surface area (Å²) in [6.07, 6.45) is 0. The van der Waals surface area contributed by atoms with Crippen LogP contribution >= 0.6 is 0 Å². The molecule has 0 atom stereocenters. The first-order valence-electron chi connectivity index (χ1n) is 7.74. The maximum atomic E-state index is 11.7. The number of carboxylic acids is 1. The summed E-state index contributed by atoms with van der Waals surface area (Å²) in [5, 5.41) is 24.7. The molecule has 0 fully saturated rings. The van der Waals surface area contributed by atoms with Crippen molar-refractivity contribution in [2.24, 2.45) is 0 Å². The summed E-state index contributed by atoms with van der Waals surface area (Å²) < 4.78 is 0. The Kier molecular flexibility index (Phi) is 3.47. The Morgan fingerprint density at radius 1 is 0.920 bits per heavy atom. The number of aromatic nitrogens is 1. The molecule has 1 heterocycles. The lowest BCUT2D eigenvalue weighted by atomic mass is 10.0. The topological polar surface area (TPSA) is 82.5 Å². The van der Waals surface area contributed by atoms with Gasteiger partial charge < -0.3 is 15.5 Å². The van der Waals surface area contributed by atoms with E-state index in [9.17, 15) is 15.0 Å². The fraction of sp³-hybridized carbons (Fsp3) is 0. The van der Waals surface area contributed by atoms with Gasteiger partial charge in [0.2, 0.25) is 0 Å². The van der Waals surface area contributed by atoms with E-state index >= 15 is 0 Å². The Morgan fingerprint density at radius 2 is 1.64 bits per heavy atom. The van der Waals surface area contributed by atoms with E-state index < -0.39 is 5.97 Å². The third-order valence-corrected chi connectivity index (χ3v) is 4.07. The van der Waals surface area contributed by atoms with Gasteiger partial charge in [-0.25, -0.2) is 9.78 Å². The number of carboxylic acid groups (broad SMARTS) is 1. The molecular formula is C20H14N2O3. The van der Waals surface area contributed by atoms with Crippen LogP contribution in [-0.4, -0.2) is 21.2 Å². The number of phenols is 1. The van der Waals surface area contributed by atoms with Crippen LogP contribution in [0, 0.1) is 0 Å². The van der Waals surface area contributed by atoms with Crippen molar-refractivity contribution in [2.45, 2.75) is 0 Å². The smallest absolute Gasteiger partial charge is 0.338 e. The van der Waals surface area contributed by atoms with Gasteiger partial charge in [0.25, 0.3) is 0 Å². The van der Waals surface area contributed by atoms with E-state index in [1.54, 1.807) is 12.1 Å². The van der Waals surface area contributed by atoms with Crippen molar-refractivity contribution >= 4 is 39.1 Å². The summed E-state index contributed by atoms with van der Waals surface area (Å²) in [5.74, 6) is -1.26. The maximum Gasteiger partial charge on any atom is 0.338 e. The largest absolute Gasteiger partial charge is 0.505 e. The second-order valence-electron chi connectivity index (χ2n) is 5.69. The number of anilines is 2. The van der Waals surface area contributed by atoms with Crippen LogP contribution in [0.1, 0.15) is 10.4 Å². The van der Waals surface area contributed by atoms with Crippen LogP contribution in [0.5, 0.6) is 5.75 Å². The van der Waals surface area contributed by atoms with Crippen molar-refractivity contribution in [3.63, 3.8) is 0 Å². The van der Waals surface area contributed by atoms with E-state index in [-0.39, 0.29) is 17.0 Å². The van der Waals surface area contributed by atoms with Crippen LogP contribution in [0.3, 0.4) is 0 Å². The summed E-state index contributed by atoms with van der Waals surface area (Å²) in [6, 6.07) is 19.9. The number of nitrogens with zero attached hydrogens (tertiary/aromatic N) is 1. The lowest BCUT2D eigenvalue weighted by molar-refractivity contribution is 0.0698. The van der Waals surface area contributed by atoms with E-state index in [0.717, 1.165) is 10.9 Å². The monoisotopic (exact) mass is 330 g/mol. The van der Waals surface area contributed by atoms with Crippen molar-refractivity contribution in [3.8, 4) is 5.75 Å². The molecule has 0 spiro atoms. The molecule has 0 unspecified atom stereocenters. The summed E-state index contributed by atoms with van der Waals surface area (Å²) >= 11 is 0. The Hall–Kier alpha value is -3.60. The number of fused-ring (bicyclic) bond motifs is 2. The summed E-state index contributed by atoms with van der Waals surface area (Å²) in [6.45, 7) is 0. The highest BCUT2D eigenvalue weighted by Gasteiger charge is 2.19. The number of para-hydroxylation sites is 2. The van der Waals surface area contributed by atoms with E-state index in [0.29, 0.717) is 16.6 Å². The highest BCUT2D eigenvalue weighted by Crippen LogP contribution is 2.38. The number of aromatic carboxylic acids is 1. The quantitative estimate of drug-likeness (QED) is 0.379. The first-order valence-corrected chi connectivity index (χ1v) is 7.74. The molecule has 5 nitrogen and oxygen atoms in total. The molecule has 5 heteroatoms. The van der Waals surface area contributed by atoms with Gasteiger partial charge in [-0.1, -0.05) is 36.4 Å². The van der Waals surface area contributed by atoms with Gasteiger partial charge in [0.15, 0.2) is 0 Å². The SMILES string of the molecule is O=C(O)c1cc2nc3ccccc3cc2c(O)c1Nc1ccccc1. The number of phenolic OH excluding ortho intramolecular Hbond substituents is 1. The van der Waals surface area contributed by atoms with Gasteiger partial charge in [-0.05, 0) is 30.3 Å². The number of hydrogen-bond donors (Lipinski definition) is 3. The van der Waals surface area contributed by atoms with Gasteiger partial charge in [0.1, 0.15) is 5.75 Å². The van der Waals surface area contributed by atoms with Crippen LogP contribution in [0.2, 0.25) is 0 Å². The lowest BCUT2D eigenvalue weighted by Gasteiger charge is -2.14. The Labute approximate surface area is 143 Å². The minimum absolute atomic E-state index is 0.0309. The van der Waals surface area contributed by atoms with E-state index in [4.69, 9.17) is 0 Å². The second kappa shape index (κ2) is 5.79. The number of benzene rings is 3. The van der Waals surface area contributed by atoms with Crippen molar-refractivity contribution in [3.05, 3.63) is 72.3 Å². The molecule has 4 rings (SSSR count). The number of carbonyl (C=O) groups is 1. The normalized spacial score (nSPS) is 10.9. The van der Waals surface area contributed by atoms with Gasteiger partial charge in [-0.2, -0.15) is 0 Å². The van der Waals surface area contributed by atoms with Crippen LogP contribution in [0.4, 0.5) is 11.4 Å². The number of nitrogens with one attached hydrogen (secondary N) is 1. The van der Waals surface area contributed by atoms with Crippen LogP contribution < -0.4 is 5.32 Å². The summed E-state index contributed by atoms with van der Waals surface area (Å²) in [4.78, 5) is 16.2. The second-order valence-corrected chi connectivity index (χ2v) is 5.69. The van der Waals surface area contributed by atoms with Crippen molar-refractivity contribution in [1.82, 2.24) is 4.98 Å². The Morgan fingerprint density at radius 3 is 2.40 bits per heavy atom. The molecule has 3 aromatic carbocycles. The third kappa shape index (κ3) is 2.61. The molecule has 0 aliphatic heterocycles. The van der Waals surface area contributed by atoms with Gasteiger partial charge in [-0.3, -0.25) is 0 Å². The molecule has 0 bridgehead atoms. The molecule has 0 saturated carbocycles. The van der Waals surface area contributed by atoms with E-state index in [1.807, 2.05) is 48.5 Å². The third-order valence-electron chi connectivity index (χ3n) is 4.07. The number of aromatic hydroxyl groups is 1. The minimum Gasteiger partial charge on any atom is -0.505 e. The van der Waals surface area contributed by atoms with E-state index in [1.165, 1.54) is 6.07 Å². The first-order chi connectivity index (χ1) is 12.1. The van der Waals surface area contributed by atoms with Gasteiger partial charge in [0, 0.05) is 16.5 Å². The molecule has 0 aliphatic rings. The molecule has 0 radical (unpaired) electrons. The van der Waals surface area contributed by atoms with Crippen molar-refractivity contribution < 1.29 is 15.0 Å². The maximum absolute atomic E-state index is 11.7. The zero-order chi connectivity index (χ0) is 17.4. The zero-order valence-electron chi connectivity index (χ0n) is 13.1. The molecule has 25 heavy (non-hydrogen) atoms. The fourth-order valence-electron chi connectivity index (χ4n) is 2.86. The summed E-state index contributed by atoms with van der Waals surface area (Å²) in [5.41, 5.74) is 2.00. The molecule has 4 aromatic rings. The van der Waals surface area contributed by atoms with Gasteiger partial charge in [0.05, 0.1) is 22.3 Å². The predicted molar refractivity (Wildman–Crippen MR) is 97.6 cm³/mol. The molecule has 122 valence electrons. The molecule has 3 N–H and O–H groups in total. The minimum atomic E-state index is -1.13. The predicted octanol–water partition coefficient (Wildman–Crippen LogP) is 4.54. The summed E-state index contributed by atoms with van der Waals surface area (Å²) in [7, 11) is 0. The highest BCUT2D eigenvalue weighted by molar-refractivity contribution is 6.07. The standard InChI is InChI=1S/C20H14N2O3/c23-19-14-10-12-6-4-5-9-16(12)22-17(14)11-15(20(24)25)18(19)21-13-7-2-1-3-8-13/h1-11,21,23H,(H,24,25). The van der Waals surface area contributed by atoms with Gasteiger partial charge in [-0.15, -0.1) is 0 Å². The van der Waals surface area contributed by atoms with Crippen LogP contribution in [0.25, 0.3) is 21.8 Å². The molecular weight excluding hydrogens is 316 g/mol. The molecule has 0 aliphatic carbocycles. The molecule has 0 amide bonds. The van der Waals surface area contributed by atoms with Crippen LogP contribution in [0.15, 0.2) is 66.7 Å². The highest BCUT2D eigenvalue weighted by atomic mass is 16.4. The van der Waals surface area contributed by atoms with Gasteiger partial charge >= 0.3 is 5.97 Å². The lowest BCUT2D eigenvalue weighted by Crippen LogP contribution is -2.04. The number of hydrogen-bond acceptors (Lipinski definition) is 4. The zero-order valence-corrected chi connectivity index (χ0v) is 13.1. The molecule has 1 aromatic heterocycles. The Balaban J connectivity index is 1.99. The average Bonchev–Trinajstić information content (AvgIpc) is 2.63. The molecule has 0 saturated heterocycles.